The SMILES string of the molecule is C[C@@H](OS(C)(=O)=O)[C@H](NC(=O)Oc1ccccc1)C(N)=O. The summed E-state index contributed by atoms with van der Waals surface area (Å²) < 4.78 is 31.6. The van der Waals surface area contributed by atoms with Crippen LogP contribution in [0.1, 0.15) is 6.92 Å². The quantitative estimate of drug-likeness (QED) is 0.711. The van der Waals surface area contributed by atoms with E-state index in [1.54, 1.807) is 18.2 Å². The zero-order valence-corrected chi connectivity index (χ0v) is 12.3. The van der Waals surface area contributed by atoms with Crippen LogP contribution in [-0.4, -0.2) is 38.8 Å². The van der Waals surface area contributed by atoms with Crippen molar-refractivity contribution in [2.45, 2.75) is 19.1 Å². The Morgan fingerprint density at radius 3 is 2.29 bits per heavy atom. The van der Waals surface area contributed by atoms with E-state index in [0.29, 0.717) is 0 Å². The number of primary amides is 1. The van der Waals surface area contributed by atoms with E-state index in [1.807, 2.05) is 0 Å². The second kappa shape index (κ2) is 7.04. The number of para-hydroxylation sites is 1. The highest BCUT2D eigenvalue weighted by molar-refractivity contribution is 7.86. The third-order valence-corrected chi connectivity index (χ3v) is 2.98. The molecule has 1 rings (SSSR count). The van der Waals surface area contributed by atoms with Crippen LogP contribution in [0.2, 0.25) is 0 Å². The summed E-state index contributed by atoms with van der Waals surface area (Å²) in [5.41, 5.74) is 5.11. The molecule has 8 nitrogen and oxygen atoms in total. The molecule has 0 aliphatic rings. The molecule has 3 N–H and O–H groups in total. The van der Waals surface area contributed by atoms with Gasteiger partial charge in [0.05, 0.1) is 6.26 Å². The average molecular weight is 316 g/mol. The normalized spacial score (nSPS) is 14.0. The van der Waals surface area contributed by atoms with Crippen molar-refractivity contribution in [2.75, 3.05) is 6.26 Å². The second-order valence-electron chi connectivity index (χ2n) is 4.23. The van der Waals surface area contributed by atoms with Crippen molar-refractivity contribution in [1.29, 1.82) is 0 Å². The van der Waals surface area contributed by atoms with Gasteiger partial charge in [-0.25, -0.2) is 4.79 Å². The molecule has 0 heterocycles. The highest BCUT2D eigenvalue weighted by Crippen LogP contribution is 2.09. The molecule has 0 aromatic heterocycles. The van der Waals surface area contributed by atoms with Crippen LogP contribution in [0.5, 0.6) is 5.75 Å². The number of nitrogens with two attached hydrogens (primary N) is 1. The molecule has 2 amide bonds. The number of carbonyl (C=O) groups is 2. The first kappa shape index (κ1) is 16.9. The van der Waals surface area contributed by atoms with Gasteiger partial charge in [0, 0.05) is 0 Å². The summed E-state index contributed by atoms with van der Waals surface area (Å²) in [6, 6.07) is 6.77. The first-order chi connectivity index (χ1) is 9.69. The van der Waals surface area contributed by atoms with Crippen LogP contribution in [0.15, 0.2) is 30.3 Å². The van der Waals surface area contributed by atoms with Crippen LogP contribution < -0.4 is 15.8 Å². The van der Waals surface area contributed by atoms with Crippen LogP contribution in [0, 0.1) is 0 Å². The Morgan fingerprint density at radius 2 is 1.81 bits per heavy atom. The molecule has 0 unspecified atom stereocenters. The minimum absolute atomic E-state index is 0.259. The molecule has 1 aromatic rings. The molecule has 0 radical (unpaired) electrons. The molecule has 0 spiro atoms. The van der Waals surface area contributed by atoms with E-state index < -0.39 is 34.3 Å². The van der Waals surface area contributed by atoms with E-state index >= 15 is 0 Å². The molecular weight excluding hydrogens is 300 g/mol. The summed E-state index contributed by atoms with van der Waals surface area (Å²) in [6.07, 6.45) is -1.29. The largest absolute Gasteiger partial charge is 0.413 e. The van der Waals surface area contributed by atoms with Crippen LogP contribution in [0.4, 0.5) is 4.79 Å². The van der Waals surface area contributed by atoms with Gasteiger partial charge in [-0.15, -0.1) is 0 Å². The first-order valence-electron chi connectivity index (χ1n) is 5.90. The molecule has 0 aliphatic heterocycles. The molecule has 0 fully saturated rings. The Kier molecular flexibility index (Phi) is 5.68. The number of ether oxygens (including phenoxy) is 1. The zero-order valence-electron chi connectivity index (χ0n) is 11.5. The van der Waals surface area contributed by atoms with Crippen molar-refractivity contribution in [3.63, 3.8) is 0 Å². The van der Waals surface area contributed by atoms with Crippen molar-refractivity contribution in [2.24, 2.45) is 5.73 Å². The molecule has 21 heavy (non-hydrogen) atoms. The van der Waals surface area contributed by atoms with Gasteiger partial charge < -0.3 is 15.8 Å². The predicted octanol–water partition coefficient (Wildman–Crippen LogP) is -0.00640. The number of amides is 2. The van der Waals surface area contributed by atoms with Gasteiger partial charge in [-0.2, -0.15) is 8.42 Å². The number of hydrogen-bond donors (Lipinski definition) is 2. The smallest absolute Gasteiger partial charge is 0.410 e. The lowest BCUT2D eigenvalue weighted by Gasteiger charge is -2.21. The zero-order chi connectivity index (χ0) is 16.0. The molecule has 9 heteroatoms. The topological polar surface area (TPSA) is 125 Å². The summed E-state index contributed by atoms with van der Waals surface area (Å²) >= 11 is 0. The van der Waals surface area contributed by atoms with Gasteiger partial charge in [0.25, 0.3) is 10.1 Å². The highest BCUT2D eigenvalue weighted by atomic mass is 32.2. The Balaban J connectivity index is 2.70. The fourth-order valence-electron chi connectivity index (χ4n) is 1.50. The standard InChI is InChI=1S/C12H16N2O6S/c1-8(20-21(2,17)18)10(11(13)15)14-12(16)19-9-6-4-3-5-7-9/h3-8,10H,1-2H3,(H2,13,15)(H,14,16)/t8-,10+/m1/s1. The van der Waals surface area contributed by atoms with Gasteiger partial charge >= 0.3 is 6.09 Å². The van der Waals surface area contributed by atoms with Crippen LogP contribution >= 0.6 is 0 Å². The van der Waals surface area contributed by atoms with Gasteiger partial charge in [-0.1, -0.05) is 18.2 Å². The maximum Gasteiger partial charge on any atom is 0.413 e. The summed E-state index contributed by atoms with van der Waals surface area (Å²) in [4.78, 5) is 22.9. The van der Waals surface area contributed by atoms with Crippen molar-refractivity contribution >= 4 is 22.1 Å². The average Bonchev–Trinajstić information content (AvgIpc) is 2.34. The fourth-order valence-corrected chi connectivity index (χ4v) is 2.17. The van der Waals surface area contributed by atoms with Crippen LogP contribution in [-0.2, 0) is 19.1 Å². The van der Waals surface area contributed by atoms with Crippen LogP contribution in [0.25, 0.3) is 0 Å². The minimum Gasteiger partial charge on any atom is -0.410 e. The number of carbonyl (C=O) groups excluding carboxylic acids is 2. The lowest BCUT2D eigenvalue weighted by Crippen LogP contribution is -2.52. The van der Waals surface area contributed by atoms with Gasteiger partial charge in [-0.05, 0) is 19.1 Å². The maximum absolute atomic E-state index is 11.7. The van der Waals surface area contributed by atoms with E-state index in [2.05, 4.69) is 9.50 Å². The van der Waals surface area contributed by atoms with E-state index in [1.165, 1.54) is 19.1 Å². The molecular formula is C12H16N2O6S. The van der Waals surface area contributed by atoms with Gasteiger partial charge in [0.2, 0.25) is 5.91 Å². The van der Waals surface area contributed by atoms with Crippen LogP contribution in [0.3, 0.4) is 0 Å². The summed E-state index contributed by atoms with van der Waals surface area (Å²) in [6.45, 7) is 1.29. The molecule has 1 aromatic carbocycles. The number of hydrogen-bond acceptors (Lipinski definition) is 6. The summed E-state index contributed by atoms with van der Waals surface area (Å²) in [5.74, 6) is -0.689. The highest BCUT2D eigenvalue weighted by Gasteiger charge is 2.29. The lowest BCUT2D eigenvalue weighted by atomic mass is 10.2. The molecule has 0 bridgehead atoms. The van der Waals surface area contributed by atoms with E-state index in [0.717, 1.165) is 6.26 Å². The van der Waals surface area contributed by atoms with Crippen molar-refractivity contribution in [3.8, 4) is 5.75 Å². The summed E-state index contributed by atoms with van der Waals surface area (Å²) in [5, 5.41) is 2.16. The second-order valence-corrected chi connectivity index (χ2v) is 5.83. The molecule has 0 saturated heterocycles. The monoisotopic (exact) mass is 316 g/mol. The lowest BCUT2D eigenvalue weighted by molar-refractivity contribution is -0.121. The van der Waals surface area contributed by atoms with Gasteiger partial charge in [0.1, 0.15) is 17.9 Å². The van der Waals surface area contributed by atoms with E-state index in [9.17, 15) is 18.0 Å². The number of benzene rings is 1. The minimum atomic E-state index is -3.80. The van der Waals surface area contributed by atoms with E-state index in [-0.39, 0.29) is 5.75 Å². The Morgan fingerprint density at radius 1 is 1.24 bits per heavy atom. The van der Waals surface area contributed by atoms with Crippen molar-refractivity contribution in [1.82, 2.24) is 5.32 Å². The Hall–Kier alpha value is -2.13. The van der Waals surface area contributed by atoms with Gasteiger partial charge in [0.15, 0.2) is 0 Å². The van der Waals surface area contributed by atoms with Crippen molar-refractivity contribution < 1.29 is 26.9 Å². The fraction of sp³-hybridized carbons (Fsp3) is 0.333. The number of rotatable bonds is 6. The van der Waals surface area contributed by atoms with Gasteiger partial charge in [-0.3, -0.25) is 8.98 Å². The third-order valence-electron chi connectivity index (χ3n) is 2.33. The third kappa shape index (κ3) is 6.23. The van der Waals surface area contributed by atoms with Crippen molar-refractivity contribution in [3.05, 3.63) is 30.3 Å². The maximum atomic E-state index is 11.7. The predicted molar refractivity (Wildman–Crippen MR) is 74.0 cm³/mol. The van der Waals surface area contributed by atoms with E-state index in [4.69, 9.17) is 10.5 Å². The molecule has 2 atom stereocenters. The molecule has 0 saturated carbocycles. The molecule has 0 aliphatic carbocycles. The Labute approximate surface area is 122 Å². The summed E-state index contributed by atoms with van der Waals surface area (Å²) in [7, 11) is -3.80. The molecule has 116 valence electrons. The first-order valence-corrected chi connectivity index (χ1v) is 7.71. The number of nitrogens with one attached hydrogen (secondary N) is 1. The Bertz CT molecular complexity index is 601.